The van der Waals surface area contributed by atoms with Crippen LogP contribution in [0.15, 0.2) is 63.0 Å². The molecule has 0 atom stereocenters. The lowest BCUT2D eigenvalue weighted by Gasteiger charge is -2.05. The number of nitrogens with one attached hydrogen (secondary N) is 1. The van der Waals surface area contributed by atoms with Gasteiger partial charge in [-0.15, -0.1) is 0 Å². The van der Waals surface area contributed by atoms with Crippen LogP contribution in [0.25, 0.3) is 0 Å². The van der Waals surface area contributed by atoms with E-state index in [0.717, 1.165) is 10.0 Å². The first-order chi connectivity index (χ1) is 10.5. The van der Waals surface area contributed by atoms with Crippen LogP contribution in [0.3, 0.4) is 0 Å². The Labute approximate surface area is 138 Å². The van der Waals surface area contributed by atoms with Crippen LogP contribution in [0.1, 0.15) is 12.5 Å². The number of benzene rings is 2. The molecule has 5 nitrogen and oxygen atoms in total. The molecule has 0 radical (unpaired) electrons. The second-order valence-corrected chi connectivity index (χ2v) is 6.89. The van der Waals surface area contributed by atoms with Crippen molar-refractivity contribution in [3.63, 3.8) is 0 Å². The summed E-state index contributed by atoms with van der Waals surface area (Å²) >= 11 is 3.33. The second kappa shape index (κ2) is 7.42. The molecule has 0 amide bonds. The highest BCUT2D eigenvalue weighted by atomic mass is 79.9. The molecule has 2 aromatic carbocycles. The summed E-state index contributed by atoms with van der Waals surface area (Å²) in [5.74, 6) is 0.625. The number of hydrogen-bond acceptors (Lipinski definition) is 4. The predicted molar refractivity (Wildman–Crippen MR) is 89.7 cm³/mol. The van der Waals surface area contributed by atoms with Gasteiger partial charge in [0.1, 0.15) is 5.75 Å². The first-order valence-electron chi connectivity index (χ1n) is 6.54. The van der Waals surface area contributed by atoms with E-state index in [4.69, 9.17) is 4.74 Å². The molecule has 0 aliphatic carbocycles. The molecule has 116 valence electrons. The molecule has 0 unspecified atom stereocenters. The number of ether oxygens (including phenoxy) is 1. The number of halogens is 1. The molecule has 0 heterocycles. The van der Waals surface area contributed by atoms with Crippen LogP contribution in [-0.4, -0.2) is 21.2 Å². The van der Waals surface area contributed by atoms with Crippen LogP contribution in [0.5, 0.6) is 5.75 Å². The number of rotatable bonds is 6. The Balaban J connectivity index is 2.05. The quantitative estimate of drug-likeness (QED) is 0.616. The minimum atomic E-state index is -3.68. The van der Waals surface area contributed by atoms with E-state index in [1.165, 1.54) is 18.3 Å². The topological polar surface area (TPSA) is 67.8 Å². The third-order valence-electron chi connectivity index (χ3n) is 2.70. The van der Waals surface area contributed by atoms with E-state index in [-0.39, 0.29) is 4.90 Å². The molecule has 0 bridgehead atoms. The average molecular weight is 383 g/mol. The van der Waals surface area contributed by atoms with Gasteiger partial charge in [-0.1, -0.05) is 28.1 Å². The van der Waals surface area contributed by atoms with Crippen molar-refractivity contribution in [2.24, 2.45) is 5.10 Å². The van der Waals surface area contributed by atoms with Gasteiger partial charge in [0, 0.05) is 4.47 Å². The van der Waals surface area contributed by atoms with Crippen molar-refractivity contribution in [1.29, 1.82) is 0 Å². The zero-order valence-corrected chi connectivity index (χ0v) is 14.3. The molecule has 0 saturated heterocycles. The third-order valence-corrected chi connectivity index (χ3v) is 4.47. The van der Waals surface area contributed by atoms with E-state index in [0.29, 0.717) is 12.4 Å². The summed E-state index contributed by atoms with van der Waals surface area (Å²) in [6.45, 7) is 2.39. The monoisotopic (exact) mass is 382 g/mol. The van der Waals surface area contributed by atoms with Crippen LogP contribution in [0.4, 0.5) is 0 Å². The predicted octanol–water partition coefficient (Wildman–Crippen LogP) is 3.16. The molecule has 0 aliphatic heterocycles. The lowest BCUT2D eigenvalue weighted by Crippen LogP contribution is -2.18. The summed E-state index contributed by atoms with van der Waals surface area (Å²) in [6, 6.07) is 13.5. The molecule has 7 heteroatoms. The Morgan fingerprint density at radius 2 is 1.77 bits per heavy atom. The normalized spacial score (nSPS) is 11.5. The van der Waals surface area contributed by atoms with Gasteiger partial charge in [0.25, 0.3) is 10.0 Å². The maximum absolute atomic E-state index is 12.1. The summed E-state index contributed by atoms with van der Waals surface area (Å²) in [7, 11) is -3.68. The zero-order valence-electron chi connectivity index (χ0n) is 11.9. The van der Waals surface area contributed by atoms with E-state index in [1.807, 2.05) is 31.2 Å². The lowest BCUT2D eigenvalue weighted by molar-refractivity contribution is 0.340. The fourth-order valence-corrected chi connectivity index (χ4v) is 2.71. The number of nitrogens with zero attached hydrogens (tertiary/aromatic N) is 1. The van der Waals surface area contributed by atoms with Crippen LogP contribution < -0.4 is 9.57 Å². The SMILES string of the molecule is CCOc1ccc(S(=O)(=O)N/N=C\c2ccc(Br)cc2)cc1. The molecular weight excluding hydrogens is 368 g/mol. The van der Waals surface area contributed by atoms with Crippen molar-refractivity contribution >= 4 is 32.2 Å². The van der Waals surface area contributed by atoms with Crippen LogP contribution in [0, 0.1) is 0 Å². The molecular formula is C15H15BrN2O3S. The number of sulfonamides is 1. The Kier molecular flexibility index (Phi) is 5.57. The average Bonchev–Trinajstić information content (AvgIpc) is 2.50. The van der Waals surface area contributed by atoms with Crippen LogP contribution >= 0.6 is 15.9 Å². The molecule has 0 fully saturated rings. The van der Waals surface area contributed by atoms with Crippen molar-refractivity contribution in [3.05, 3.63) is 58.6 Å². The first-order valence-corrected chi connectivity index (χ1v) is 8.82. The van der Waals surface area contributed by atoms with Crippen molar-refractivity contribution in [2.75, 3.05) is 6.61 Å². The second-order valence-electron chi connectivity index (χ2n) is 4.31. The highest BCUT2D eigenvalue weighted by Crippen LogP contribution is 2.15. The first kappa shape index (κ1) is 16.5. The minimum Gasteiger partial charge on any atom is -0.494 e. The standard InChI is InChI=1S/C15H15BrN2O3S/c1-2-21-14-7-9-15(10-8-14)22(19,20)18-17-11-12-3-5-13(16)6-4-12/h3-11,18H,2H2,1H3/b17-11-. The molecule has 0 saturated carbocycles. The van der Waals surface area contributed by atoms with Gasteiger partial charge >= 0.3 is 0 Å². The van der Waals surface area contributed by atoms with Gasteiger partial charge in [0.05, 0.1) is 17.7 Å². The zero-order chi connectivity index (χ0) is 16.0. The minimum absolute atomic E-state index is 0.129. The van der Waals surface area contributed by atoms with E-state index >= 15 is 0 Å². The lowest BCUT2D eigenvalue weighted by atomic mass is 10.2. The Hall–Kier alpha value is -1.86. The van der Waals surface area contributed by atoms with Gasteiger partial charge in [0.2, 0.25) is 0 Å². The fourth-order valence-electron chi connectivity index (χ4n) is 1.65. The number of hydrazone groups is 1. The Bertz CT molecular complexity index is 741. The highest BCUT2D eigenvalue weighted by Gasteiger charge is 2.12. The van der Waals surface area contributed by atoms with Crippen molar-refractivity contribution in [2.45, 2.75) is 11.8 Å². The summed E-state index contributed by atoms with van der Waals surface area (Å²) in [6.07, 6.45) is 1.44. The Morgan fingerprint density at radius 1 is 1.14 bits per heavy atom. The molecule has 0 spiro atoms. The number of hydrogen-bond donors (Lipinski definition) is 1. The van der Waals surface area contributed by atoms with E-state index in [2.05, 4.69) is 25.9 Å². The summed E-state index contributed by atoms with van der Waals surface area (Å²) in [5, 5.41) is 3.77. The van der Waals surface area contributed by atoms with E-state index in [1.54, 1.807) is 12.1 Å². The largest absolute Gasteiger partial charge is 0.494 e. The molecule has 1 N–H and O–H groups in total. The van der Waals surface area contributed by atoms with Crippen molar-refractivity contribution < 1.29 is 13.2 Å². The van der Waals surface area contributed by atoms with Gasteiger partial charge in [-0.05, 0) is 48.9 Å². The molecule has 0 aliphatic rings. The summed E-state index contributed by atoms with van der Waals surface area (Å²) in [4.78, 5) is 2.31. The summed E-state index contributed by atoms with van der Waals surface area (Å²) in [5.41, 5.74) is 0.789. The fraction of sp³-hybridized carbons (Fsp3) is 0.133. The van der Waals surface area contributed by atoms with Gasteiger partial charge in [-0.2, -0.15) is 13.5 Å². The molecule has 2 aromatic rings. The van der Waals surface area contributed by atoms with Gasteiger partial charge in [-0.25, -0.2) is 4.83 Å². The summed E-state index contributed by atoms with van der Waals surface area (Å²) < 4.78 is 30.4. The maximum Gasteiger partial charge on any atom is 0.276 e. The molecule has 2 rings (SSSR count). The smallest absolute Gasteiger partial charge is 0.276 e. The molecule has 22 heavy (non-hydrogen) atoms. The maximum atomic E-state index is 12.1. The van der Waals surface area contributed by atoms with Crippen LogP contribution in [0.2, 0.25) is 0 Å². The third kappa shape index (κ3) is 4.57. The van der Waals surface area contributed by atoms with Crippen molar-refractivity contribution in [1.82, 2.24) is 4.83 Å². The highest BCUT2D eigenvalue weighted by molar-refractivity contribution is 9.10. The van der Waals surface area contributed by atoms with E-state index < -0.39 is 10.0 Å². The van der Waals surface area contributed by atoms with Gasteiger partial charge in [-0.3, -0.25) is 0 Å². The van der Waals surface area contributed by atoms with Gasteiger partial charge < -0.3 is 4.74 Å². The van der Waals surface area contributed by atoms with Crippen molar-refractivity contribution in [3.8, 4) is 5.75 Å². The Morgan fingerprint density at radius 3 is 2.36 bits per heavy atom. The van der Waals surface area contributed by atoms with E-state index in [9.17, 15) is 8.42 Å². The van der Waals surface area contributed by atoms with Gasteiger partial charge in [0.15, 0.2) is 0 Å². The molecule has 0 aromatic heterocycles. The van der Waals surface area contributed by atoms with Crippen LogP contribution in [-0.2, 0) is 10.0 Å².